The topological polar surface area (TPSA) is 29.1 Å². The molecule has 1 rings (SSSR count). The summed E-state index contributed by atoms with van der Waals surface area (Å²) < 4.78 is 1.79. The highest BCUT2D eigenvalue weighted by molar-refractivity contribution is 9.11. The molecule has 0 amide bonds. The summed E-state index contributed by atoms with van der Waals surface area (Å²) in [4.78, 5) is 10.7. The number of aldehydes is 1. The van der Waals surface area contributed by atoms with Crippen molar-refractivity contribution >= 4 is 43.8 Å². The van der Waals surface area contributed by atoms with E-state index in [0.717, 1.165) is 27.5 Å². The van der Waals surface area contributed by atoms with Gasteiger partial charge in [0.15, 0.2) is 6.29 Å². The molecule has 0 aromatic heterocycles. The zero-order valence-corrected chi connectivity index (χ0v) is 10.3. The summed E-state index contributed by atoms with van der Waals surface area (Å²) >= 11 is 6.71. The quantitative estimate of drug-likeness (QED) is 0.867. The summed E-state index contributed by atoms with van der Waals surface area (Å²) in [6.45, 7) is 2.78. The van der Waals surface area contributed by atoms with Gasteiger partial charge in [0.25, 0.3) is 0 Å². The molecular weight excluding hydrogens is 298 g/mol. The fourth-order valence-electron chi connectivity index (χ4n) is 1.05. The van der Waals surface area contributed by atoms with Gasteiger partial charge in [0.05, 0.1) is 5.69 Å². The van der Waals surface area contributed by atoms with Crippen LogP contribution in [0.25, 0.3) is 0 Å². The summed E-state index contributed by atoms with van der Waals surface area (Å²) in [5, 5.41) is 3.12. The van der Waals surface area contributed by atoms with Crippen molar-refractivity contribution in [3.63, 3.8) is 0 Å². The molecule has 0 aliphatic carbocycles. The van der Waals surface area contributed by atoms with E-state index in [9.17, 15) is 4.79 Å². The maximum atomic E-state index is 10.7. The lowest BCUT2D eigenvalue weighted by Crippen LogP contribution is -2.01. The first-order valence-corrected chi connectivity index (χ1v) is 5.45. The van der Waals surface area contributed by atoms with Gasteiger partial charge in [0.2, 0.25) is 0 Å². The number of benzene rings is 1. The van der Waals surface area contributed by atoms with Crippen LogP contribution in [0, 0.1) is 0 Å². The summed E-state index contributed by atoms with van der Waals surface area (Å²) in [5.41, 5.74) is 1.50. The van der Waals surface area contributed by atoms with Crippen molar-refractivity contribution in [2.45, 2.75) is 6.92 Å². The molecule has 0 saturated carbocycles. The van der Waals surface area contributed by atoms with Gasteiger partial charge in [-0.3, -0.25) is 4.79 Å². The summed E-state index contributed by atoms with van der Waals surface area (Å²) in [6.07, 6.45) is 0.841. The lowest BCUT2D eigenvalue weighted by Gasteiger charge is -2.09. The molecule has 1 aromatic rings. The lowest BCUT2D eigenvalue weighted by molar-refractivity contribution is 0.112. The Kier molecular flexibility index (Phi) is 3.93. The zero-order valence-electron chi connectivity index (χ0n) is 7.10. The molecule has 1 N–H and O–H groups in total. The number of carbonyl (C=O) groups excluding carboxylic acids is 1. The predicted molar refractivity (Wildman–Crippen MR) is 61.4 cm³/mol. The monoisotopic (exact) mass is 305 g/mol. The molecule has 0 saturated heterocycles. The molecule has 0 atom stereocenters. The molecule has 0 aliphatic rings. The number of halogens is 2. The largest absolute Gasteiger partial charge is 0.384 e. The van der Waals surface area contributed by atoms with Crippen molar-refractivity contribution in [3.05, 3.63) is 26.6 Å². The number of rotatable bonds is 3. The standard InChI is InChI=1S/C9H9Br2NO/c1-2-12-9-6(5-13)3-7(10)4-8(9)11/h3-5,12H,2H2,1H3. The first kappa shape index (κ1) is 10.7. The second-order valence-corrected chi connectivity index (χ2v) is 4.27. The van der Waals surface area contributed by atoms with E-state index in [1.54, 1.807) is 6.07 Å². The van der Waals surface area contributed by atoms with Crippen molar-refractivity contribution in [2.24, 2.45) is 0 Å². The van der Waals surface area contributed by atoms with Gasteiger partial charge >= 0.3 is 0 Å². The fraction of sp³-hybridized carbons (Fsp3) is 0.222. The van der Waals surface area contributed by atoms with Crippen LogP contribution < -0.4 is 5.32 Å². The molecule has 0 fully saturated rings. The van der Waals surface area contributed by atoms with Gasteiger partial charge in [-0.2, -0.15) is 0 Å². The minimum absolute atomic E-state index is 0.656. The molecule has 0 unspecified atom stereocenters. The molecule has 0 bridgehead atoms. The van der Waals surface area contributed by atoms with Crippen molar-refractivity contribution in [1.29, 1.82) is 0 Å². The van der Waals surface area contributed by atoms with Crippen LogP contribution in [-0.4, -0.2) is 12.8 Å². The molecule has 4 heteroatoms. The third-order valence-corrected chi connectivity index (χ3v) is 2.65. The molecule has 70 valence electrons. The normalized spacial score (nSPS) is 9.77. The van der Waals surface area contributed by atoms with Crippen LogP contribution in [0.4, 0.5) is 5.69 Å². The first-order chi connectivity index (χ1) is 6.19. The Morgan fingerprint density at radius 3 is 2.69 bits per heavy atom. The molecular formula is C9H9Br2NO. The van der Waals surface area contributed by atoms with Crippen LogP contribution in [0.3, 0.4) is 0 Å². The Balaban J connectivity index is 3.21. The van der Waals surface area contributed by atoms with Crippen molar-refractivity contribution in [2.75, 3.05) is 11.9 Å². The average molecular weight is 307 g/mol. The van der Waals surface area contributed by atoms with Gasteiger partial charge in [-0.1, -0.05) is 15.9 Å². The number of anilines is 1. The lowest BCUT2D eigenvalue weighted by atomic mass is 10.2. The molecule has 2 nitrogen and oxygen atoms in total. The van der Waals surface area contributed by atoms with E-state index in [1.807, 2.05) is 13.0 Å². The third kappa shape index (κ3) is 2.54. The smallest absolute Gasteiger partial charge is 0.152 e. The number of carbonyl (C=O) groups is 1. The second kappa shape index (κ2) is 4.77. The maximum absolute atomic E-state index is 10.7. The summed E-state index contributed by atoms with van der Waals surface area (Å²) in [7, 11) is 0. The number of hydrogen-bond donors (Lipinski definition) is 1. The van der Waals surface area contributed by atoms with Crippen molar-refractivity contribution in [1.82, 2.24) is 0 Å². The van der Waals surface area contributed by atoms with E-state index < -0.39 is 0 Å². The van der Waals surface area contributed by atoms with Gasteiger partial charge in [-0.05, 0) is 35.0 Å². The molecule has 13 heavy (non-hydrogen) atoms. The molecule has 0 heterocycles. The van der Waals surface area contributed by atoms with Crippen LogP contribution in [0.2, 0.25) is 0 Å². The number of hydrogen-bond acceptors (Lipinski definition) is 2. The van der Waals surface area contributed by atoms with E-state index in [-0.39, 0.29) is 0 Å². The molecule has 0 radical (unpaired) electrons. The Hall–Kier alpha value is -0.350. The minimum Gasteiger partial charge on any atom is -0.384 e. The summed E-state index contributed by atoms with van der Waals surface area (Å²) in [6, 6.07) is 3.70. The Morgan fingerprint density at radius 1 is 1.46 bits per heavy atom. The Labute approximate surface area is 94.0 Å². The van der Waals surface area contributed by atoms with Gasteiger partial charge in [0.1, 0.15) is 0 Å². The van der Waals surface area contributed by atoms with Crippen LogP contribution in [0.15, 0.2) is 21.1 Å². The van der Waals surface area contributed by atoms with Gasteiger partial charge in [-0.25, -0.2) is 0 Å². The highest BCUT2D eigenvalue weighted by atomic mass is 79.9. The van der Waals surface area contributed by atoms with Gasteiger partial charge < -0.3 is 5.32 Å². The highest BCUT2D eigenvalue weighted by Gasteiger charge is 2.06. The molecule has 0 spiro atoms. The van der Waals surface area contributed by atoms with Crippen LogP contribution in [-0.2, 0) is 0 Å². The Morgan fingerprint density at radius 2 is 2.15 bits per heavy atom. The molecule has 1 aromatic carbocycles. The zero-order chi connectivity index (χ0) is 9.84. The highest BCUT2D eigenvalue weighted by Crippen LogP contribution is 2.29. The van der Waals surface area contributed by atoms with Gasteiger partial charge in [-0.15, -0.1) is 0 Å². The van der Waals surface area contributed by atoms with Crippen molar-refractivity contribution < 1.29 is 4.79 Å². The average Bonchev–Trinajstić information content (AvgIpc) is 2.09. The summed E-state index contributed by atoms with van der Waals surface area (Å²) in [5.74, 6) is 0. The van der Waals surface area contributed by atoms with E-state index >= 15 is 0 Å². The van der Waals surface area contributed by atoms with E-state index in [2.05, 4.69) is 37.2 Å². The van der Waals surface area contributed by atoms with E-state index in [4.69, 9.17) is 0 Å². The van der Waals surface area contributed by atoms with E-state index in [1.165, 1.54) is 0 Å². The van der Waals surface area contributed by atoms with Crippen LogP contribution in [0.5, 0.6) is 0 Å². The Bertz CT molecular complexity index is 326. The predicted octanol–water partition coefficient (Wildman–Crippen LogP) is 3.46. The third-order valence-electron chi connectivity index (χ3n) is 1.57. The number of nitrogens with one attached hydrogen (secondary N) is 1. The van der Waals surface area contributed by atoms with E-state index in [0.29, 0.717) is 5.56 Å². The SMILES string of the molecule is CCNc1c(Br)cc(Br)cc1C=O. The maximum Gasteiger partial charge on any atom is 0.152 e. The molecule has 0 aliphatic heterocycles. The minimum atomic E-state index is 0.656. The van der Waals surface area contributed by atoms with Crippen LogP contribution in [0.1, 0.15) is 17.3 Å². The second-order valence-electron chi connectivity index (χ2n) is 2.50. The van der Waals surface area contributed by atoms with Gasteiger partial charge in [0, 0.05) is 21.1 Å². The first-order valence-electron chi connectivity index (χ1n) is 3.87. The van der Waals surface area contributed by atoms with Crippen molar-refractivity contribution in [3.8, 4) is 0 Å². The fourth-order valence-corrected chi connectivity index (χ4v) is 2.45. The van der Waals surface area contributed by atoms with Crippen LogP contribution >= 0.6 is 31.9 Å².